The van der Waals surface area contributed by atoms with Crippen molar-refractivity contribution in [2.45, 2.75) is 19.9 Å². The summed E-state index contributed by atoms with van der Waals surface area (Å²) in [6.07, 6.45) is 0.824. The number of urea groups is 1. The molecule has 0 fully saturated rings. The number of fused-ring (bicyclic) bond motifs is 1. The average Bonchev–Trinajstić information content (AvgIpc) is 2.53. The van der Waals surface area contributed by atoms with Gasteiger partial charge in [0.05, 0.1) is 20.8 Å². The molecule has 0 spiro atoms. The molecule has 0 unspecified atom stereocenters. The van der Waals surface area contributed by atoms with Crippen molar-refractivity contribution in [2.75, 3.05) is 33.9 Å². The lowest BCUT2D eigenvalue weighted by molar-refractivity contribution is -0.121. The minimum absolute atomic E-state index is 0.185. The molecule has 7 nitrogen and oxygen atoms in total. The number of hydrogen-bond donors (Lipinski definition) is 2. The second kappa shape index (κ2) is 7.82. The molecular formula is C16H23N3O4. The highest BCUT2D eigenvalue weighted by Gasteiger charge is 2.21. The molecule has 0 radical (unpaired) electrons. The van der Waals surface area contributed by atoms with Gasteiger partial charge in [-0.3, -0.25) is 15.0 Å². The smallest absolute Gasteiger partial charge is 0.321 e. The molecule has 0 saturated carbocycles. The van der Waals surface area contributed by atoms with Crippen LogP contribution in [0.4, 0.5) is 4.79 Å². The number of imide groups is 1. The molecular weight excluding hydrogens is 298 g/mol. The number of methoxy groups -OCH3 is 2. The third-order valence-electron chi connectivity index (χ3n) is 3.75. The van der Waals surface area contributed by atoms with E-state index in [9.17, 15) is 9.59 Å². The van der Waals surface area contributed by atoms with Crippen molar-refractivity contribution in [3.8, 4) is 11.5 Å². The Hall–Kier alpha value is -2.28. The van der Waals surface area contributed by atoms with Gasteiger partial charge in [0.1, 0.15) is 0 Å². The number of amides is 3. The molecule has 7 heteroatoms. The fourth-order valence-electron chi connectivity index (χ4n) is 2.65. The maximum absolute atomic E-state index is 11.9. The molecule has 0 aliphatic carbocycles. The van der Waals surface area contributed by atoms with Gasteiger partial charge in [0.25, 0.3) is 0 Å². The van der Waals surface area contributed by atoms with Gasteiger partial charge >= 0.3 is 6.03 Å². The van der Waals surface area contributed by atoms with Crippen molar-refractivity contribution in [3.05, 3.63) is 23.3 Å². The van der Waals surface area contributed by atoms with E-state index < -0.39 is 6.03 Å². The molecule has 0 atom stereocenters. The summed E-state index contributed by atoms with van der Waals surface area (Å²) in [4.78, 5) is 25.2. The van der Waals surface area contributed by atoms with E-state index in [4.69, 9.17) is 9.47 Å². The van der Waals surface area contributed by atoms with E-state index in [-0.39, 0.29) is 12.5 Å². The first-order chi connectivity index (χ1) is 11.1. The van der Waals surface area contributed by atoms with Crippen LogP contribution in [0.1, 0.15) is 18.1 Å². The summed E-state index contributed by atoms with van der Waals surface area (Å²) in [5, 5.41) is 4.85. The van der Waals surface area contributed by atoms with Crippen LogP contribution in [0.2, 0.25) is 0 Å². The Bertz CT molecular complexity index is 589. The van der Waals surface area contributed by atoms with Gasteiger partial charge in [0.15, 0.2) is 11.5 Å². The number of nitrogens with zero attached hydrogens (tertiary/aromatic N) is 1. The molecule has 0 aromatic heterocycles. The third-order valence-corrected chi connectivity index (χ3v) is 3.75. The maximum atomic E-state index is 11.9. The summed E-state index contributed by atoms with van der Waals surface area (Å²) in [5.74, 6) is 1.09. The Balaban J connectivity index is 2.00. The molecule has 1 aromatic carbocycles. The molecule has 1 aliphatic heterocycles. The molecule has 0 saturated heterocycles. The van der Waals surface area contributed by atoms with Crippen LogP contribution in [0, 0.1) is 0 Å². The van der Waals surface area contributed by atoms with Gasteiger partial charge in [0, 0.05) is 19.6 Å². The lowest BCUT2D eigenvalue weighted by atomic mass is 9.99. The summed E-state index contributed by atoms with van der Waals surface area (Å²) in [7, 11) is 3.22. The fourth-order valence-corrected chi connectivity index (χ4v) is 2.65. The topological polar surface area (TPSA) is 79.9 Å². The van der Waals surface area contributed by atoms with Gasteiger partial charge in [-0.25, -0.2) is 4.79 Å². The Labute approximate surface area is 135 Å². The van der Waals surface area contributed by atoms with Crippen LogP contribution >= 0.6 is 0 Å². The molecule has 3 amide bonds. The van der Waals surface area contributed by atoms with Crippen LogP contribution < -0.4 is 20.1 Å². The Morgan fingerprint density at radius 2 is 1.83 bits per heavy atom. The second-order valence-electron chi connectivity index (χ2n) is 5.34. The van der Waals surface area contributed by atoms with Gasteiger partial charge < -0.3 is 14.8 Å². The molecule has 1 aliphatic rings. The van der Waals surface area contributed by atoms with Crippen molar-refractivity contribution in [1.82, 2.24) is 15.5 Å². The van der Waals surface area contributed by atoms with E-state index >= 15 is 0 Å². The first kappa shape index (κ1) is 17.1. The minimum atomic E-state index is -0.457. The summed E-state index contributed by atoms with van der Waals surface area (Å²) >= 11 is 0. The van der Waals surface area contributed by atoms with E-state index in [0.29, 0.717) is 24.6 Å². The normalized spacial score (nSPS) is 13.9. The molecule has 1 aromatic rings. The number of rotatable bonds is 5. The number of ether oxygens (including phenoxy) is 2. The molecule has 2 rings (SSSR count). The second-order valence-corrected chi connectivity index (χ2v) is 5.34. The van der Waals surface area contributed by atoms with Crippen molar-refractivity contribution >= 4 is 11.9 Å². The summed E-state index contributed by atoms with van der Waals surface area (Å²) < 4.78 is 10.6. The zero-order valence-corrected chi connectivity index (χ0v) is 13.8. The van der Waals surface area contributed by atoms with E-state index in [0.717, 1.165) is 18.5 Å². The summed E-state index contributed by atoms with van der Waals surface area (Å²) in [6, 6.07) is 3.48. The molecule has 2 N–H and O–H groups in total. The molecule has 0 bridgehead atoms. The quantitative estimate of drug-likeness (QED) is 0.842. The standard InChI is InChI=1S/C16H23N3O4/c1-4-17-16(21)18-15(20)10-19-6-5-11-7-13(22-2)14(23-3)8-12(11)9-19/h7-8H,4-6,9-10H2,1-3H3,(H2,17,18,20,21). The van der Waals surface area contributed by atoms with E-state index in [1.54, 1.807) is 21.1 Å². The Kier molecular flexibility index (Phi) is 5.81. The van der Waals surface area contributed by atoms with Gasteiger partial charge in [-0.15, -0.1) is 0 Å². The Morgan fingerprint density at radius 1 is 1.17 bits per heavy atom. The highest BCUT2D eigenvalue weighted by atomic mass is 16.5. The van der Waals surface area contributed by atoms with Crippen LogP contribution in [0.25, 0.3) is 0 Å². The highest BCUT2D eigenvalue weighted by molar-refractivity contribution is 5.95. The first-order valence-electron chi connectivity index (χ1n) is 7.61. The zero-order valence-electron chi connectivity index (χ0n) is 13.8. The Morgan fingerprint density at radius 3 is 2.43 bits per heavy atom. The monoisotopic (exact) mass is 321 g/mol. The van der Waals surface area contributed by atoms with Crippen molar-refractivity contribution in [1.29, 1.82) is 0 Å². The summed E-state index contributed by atoms with van der Waals surface area (Å²) in [5.41, 5.74) is 2.31. The SMILES string of the molecule is CCNC(=O)NC(=O)CN1CCc2cc(OC)c(OC)cc2C1. The van der Waals surface area contributed by atoms with Gasteiger partial charge in [-0.05, 0) is 36.6 Å². The number of hydrogen-bond acceptors (Lipinski definition) is 5. The zero-order chi connectivity index (χ0) is 16.8. The number of carbonyl (C=O) groups is 2. The van der Waals surface area contributed by atoms with E-state index in [1.165, 1.54) is 5.56 Å². The van der Waals surface area contributed by atoms with Gasteiger partial charge in [-0.2, -0.15) is 0 Å². The van der Waals surface area contributed by atoms with Crippen LogP contribution in [0.3, 0.4) is 0 Å². The fraction of sp³-hybridized carbons (Fsp3) is 0.500. The van der Waals surface area contributed by atoms with Gasteiger partial charge in [-0.1, -0.05) is 0 Å². The molecule has 23 heavy (non-hydrogen) atoms. The van der Waals surface area contributed by atoms with Crippen molar-refractivity contribution in [3.63, 3.8) is 0 Å². The predicted octanol–water partition coefficient (Wildman–Crippen LogP) is 0.908. The van der Waals surface area contributed by atoms with E-state index in [2.05, 4.69) is 10.6 Å². The largest absolute Gasteiger partial charge is 0.493 e. The van der Waals surface area contributed by atoms with E-state index in [1.807, 2.05) is 17.0 Å². The van der Waals surface area contributed by atoms with Crippen LogP contribution in [-0.2, 0) is 17.8 Å². The van der Waals surface area contributed by atoms with Gasteiger partial charge in [0.2, 0.25) is 5.91 Å². The average molecular weight is 321 g/mol. The number of benzene rings is 1. The summed E-state index contributed by atoms with van der Waals surface area (Å²) in [6.45, 7) is 3.86. The lowest BCUT2D eigenvalue weighted by Gasteiger charge is -2.28. The predicted molar refractivity (Wildman–Crippen MR) is 85.7 cm³/mol. The maximum Gasteiger partial charge on any atom is 0.321 e. The minimum Gasteiger partial charge on any atom is -0.493 e. The first-order valence-corrected chi connectivity index (χ1v) is 7.61. The van der Waals surface area contributed by atoms with Crippen molar-refractivity contribution in [2.24, 2.45) is 0 Å². The molecule has 1 heterocycles. The molecule has 126 valence electrons. The lowest BCUT2D eigenvalue weighted by Crippen LogP contribution is -2.45. The highest BCUT2D eigenvalue weighted by Crippen LogP contribution is 2.33. The van der Waals surface area contributed by atoms with Crippen LogP contribution in [0.5, 0.6) is 11.5 Å². The third kappa shape index (κ3) is 4.35. The van der Waals surface area contributed by atoms with Crippen LogP contribution in [0.15, 0.2) is 12.1 Å². The number of carbonyl (C=O) groups excluding carboxylic acids is 2. The van der Waals surface area contributed by atoms with Crippen LogP contribution in [-0.4, -0.2) is 50.7 Å². The number of nitrogens with one attached hydrogen (secondary N) is 2. The van der Waals surface area contributed by atoms with Crippen molar-refractivity contribution < 1.29 is 19.1 Å².